The summed E-state index contributed by atoms with van der Waals surface area (Å²) < 4.78 is 34.6. The molecule has 188 valence electrons. The van der Waals surface area contributed by atoms with Crippen LogP contribution in [0.1, 0.15) is 50.2 Å². The van der Waals surface area contributed by atoms with E-state index in [1.807, 2.05) is 12.4 Å². The molecule has 0 bridgehead atoms. The highest BCUT2D eigenvalue weighted by molar-refractivity contribution is 5.79. The Hall–Kier alpha value is -2.77. The third-order valence-electron chi connectivity index (χ3n) is 7.91. The van der Waals surface area contributed by atoms with E-state index in [9.17, 15) is 13.6 Å². The minimum absolute atomic E-state index is 0.172. The minimum atomic E-state index is -0.710. The van der Waals surface area contributed by atoms with E-state index in [0.717, 1.165) is 56.7 Å². The number of benzene rings is 1. The molecule has 1 amide bonds. The van der Waals surface area contributed by atoms with E-state index in [1.54, 1.807) is 4.90 Å². The van der Waals surface area contributed by atoms with Gasteiger partial charge in [0, 0.05) is 56.3 Å². The van der Waals surface area contributed by atoms with E-state index in [0.29, 0.717) is 37.5 Å². The van der Waals surface area contributed by atoms with E-state index in [4.69, 9.17) is 4.74 Å². The molecule has 1 aromatic heterocycles. The van der Waals surface area contributed by atoms with Gasteiger partial charge in [0.05, 0.1) is 13.0 Å². The van der Waals surface area contributed by atoms with Crippen LogP contribution in [0.2, 0.25) is 0 Å². The lowest BCUT2D eigenvalue weighted by Gasteiger charge is -2.32. The fraction of sp³-hybridized carbons (Fsp3) is 0.593. The normalized spacial score (nSPS) is 22.1. The van der Waals surface area contributed by atoms with Crippen LogP contribution in [0.25, 0.3) is 0 Å². The number of aromatic nitrogens is 2. The number of carbonyl (C=O) groups excluding carboxylic acids is 1. The number of hydrogen-bond acceptors (Lipinski definition) is 5. The monoisotopic (exact) mass is 484 g/mol. The Bertz CT molecular complexity index is 1010. The number of anilines is 1. The first-order valence-electron chi connectivity index (χ1n) is 13.0. The van der Waals surface area contributed by atoms with E-state index in [-0.39, 0.29) is 23.6 Å². The third-order valence-corrected chi connectivity index (χ3v) is 7.91. The number of aryl methyl sites for hydroxylation is 1. The predicted molar refractivity (Wildman–Crippen MR) is 129 cm³/mol. The van der Waals surface area contributed by atoms with Crippen LogP contribution in [0.5, 0.6) is 5.75 Å². The number of carbonyl (C=O) groups is 1. The van der Waals surface area contributed by atoms with Crippen molar-refractivity contribution in [2.75, 3.05) is 37.7 Å². The molecule has 0 N–H and O–H groups in total. The van der Waals surface area contributed by atoms with E-state index >= 15 is 0 Å². The second-order valence-corrected chi connectivity index (χ2v) is 10.1. The van der Waals surface area contributed by atoms with Crippen LogP contribution in [0.15, 0.2) is 24.5 Å². The molecule has 2 saturated heterocycles. The van der Waals surface area contributed by atoms with Gasteiger partial charge in [0.2, 0.25) is 11.9 Å². The van der Waals surface area contributed by atoms with Gasteiger partial charge >= 0.3 is 0 Å². The quantitative estimate of drug-likeness (QED) is 0.528. The topological polar surface area (TPSA) is 58.6 Å². The van der Waals surface area contributed by atoms with Crippen LogP contribution >= 0.6 is 0 Å². The van der Waals surface area contributed by atoms with Crippen molar-refractivity contribution in [3.8, 4) is 5.75 Å². The number of amides is 1. The molecule has 1 aliphatic carbocycles. The van der Waals surface area contributed by atoms with Crippen LogP contribution in [-0.2, 0) is 17.6 Å². The number of nitrogens with zero attached hydrogens (tertiary/aromatic N) is 4. The lowest BCUT2D eigenvalue weighted by Crippen LogP contribution is -2.43. The van der Waals surface area contributed by atoms with Crippen LogP contribution in [0.4, 0.5) is 14.7 Å². The van der Waals surface area contributed by atoms with Gasteiger partial charge in [-0.3, -0.25) is 4.79 Å². The summed E-state index contributed by atoms with van der Waals surface area (Å²) in [5.74, 6) is 1.43. The van der Waals surface area contributed by atoms with Gasteiger partial charge in [0.25, 0.3) is 0 Å². The maximum Gasteiger partial charge on any atom is 0.227 e. The molecule has 0 unspecified atom stereocenters. The molecular formula is C27H34F2N4O2. The van der Waals surface area contributed by atoms with Crippen LogP contribution < -0.4 is 9.64 Å². The first-order chi connectivity index (χ1) is 17.0. The Morgan fingerprint density at radius 3 is 2.37 bits per heavy atom. The molecule has 3 heterocycles. The average molecular weight is 485 g/mol. The number of rotatable bonds is 9. The van der Waals surface area contributed by atoms with Crippen molar-refractivity contribution in [3.63, 3.8) is 0 Å². The highest BCUT2D eigenvalue weighted by Gasteiger charge is 2.43. The Balaban J connectivity index is 1.04. The summed E-state index contributed by atoms with van der Waals surface area (Å²) in [5, 5.41) is 0. The third kappa shape index (κ3) is 5.57. The van der Waals surface area contributed by atoms with Gasteiger partial charge in [-0.05, 0) is 61.8 Å². The van der Waals surface area contributed by atoms with Crippen molar-refractivity contribution < 1.29 is 18.3 Å². The molecule has 2 aliphatic heterocycles. The molecule has 8 heteroatoms. The molecular weight excluding hydrogens is 450 g/mol. The Labute approximate surface area is 205 Å². The maximum atomic E-state index is 14.4. The molecule has 0 radical (unpaired) electrons. The maximum absolute atomic E-state index is 14.4. The van der Waals surface area contributed by atoms with Gasteiger partial charge in [0.15, 0.2) is 0 Å². The first kappa shape index (κ1) is 23.9. The summed E-state index contributed by atoms with van der Waals surface area (Å²) in [6, 6.07) is 2.41. The predicted octanol–water partition coefficient (Wildman–Crippen LogP) is 4.41. The van der Waals surface area contributed by atoms with E-state index in [2.05, 4.69) is 21.8 Å². The average Bonchev–Trinajstić information content (AvgIpc) is 3.60. The van der Waals surface area contributed by atoms with Crippen molar-refractivity contribution in [2.45, 2.75) is 51.9 Å². The second kappa shape index (κ2) is 10.5. The molecule has 3 aliphatic rings. The molecule has 2 aromatic rings. The van der Waals surface area contributed by atoms with Gasteiger partial charge in [-0.1, -0.05) is 6.92 Å². The van der Waals surface area contributed by atoms with Crippen molar-refractivity contribution >= 4 is 11.9 Å². The Kier molecular flexibility index (Phi) is 7.16. The molecule has 0 spiro atoms. The zero-order chi connectivity index (χ0) is 24.4. The van der Waals surface area contributed by atoms with Gasteiger partial charge in [-0.25, -0.2) is 18.7 Å². The SMILES string of the molecule is CCc1cnc(N2CCC([C@@H]3C[C@H]3CCOc3cc(F)c(CC(=O)N4CCC4)c(F)c3)CC2)nc1. The van der Waals surface area contributed by atoms with Crippen molar-refractivity contribution in [1.29, 1.82) is 0 Å². The summed E-state index contributed by atoms with van der Waals surface area (Å²) in [5.41, 5.74) is 0.986. The summed E-state index contributed by atoms with van der Waals surface area (Å²) in [6.45, 7) is 5.87. The Morgan fingerprint density at radius 2 is 1.77 bits per heavy atom. The van der Waals surface area contributed by atoms with Gasteiger partial charge in [0.1, 0.15) is 17.4 Å². The zero-order valence-corrected chi connectivity index (χ0v) is 20.4. The van der Waals surface area contributed by atoms with Gasteiger partial charge in [-0.2, -0.15) is 0 Å². The van der Waals surface area contributed by atoms with Crippen molar-refractivity contribution in [1.82, 2.24) is 14.9 Å². The fourth-order valence-electron chi connectivity index (χ4n) is 5.39. The Morgan fingerprint density at radius 1 is 1.09 bits per heavy atom. The largest absolute Gasteiger partial charge is 0.493 e. The van der Waals surface area contributed by atoms with Crippen molar-refractivity contribution in [3.05, 3.63) is 47.3 Å². The summed E-state index contributed by atoms with van der Waals surface area (Å²) in [7, 11) is 0. The second-order valence-electron chi connectivity index (χ2n) is 10.1. The van der Waals surface area contributed by atoms with Gasteiger partial charge in [-0.15, -0.1) is 0 Å². The standard InChI is InChI=1S/C27H34F2N4O2/c1-2-18-16-30-27(31-17-18)33-9-4-19(5-10-33)22-12-20(22)6-11-35-21-13-24(28)23(25(29)14-21)15-26(34)32-7-3-8-32/h13-14,16-17,19-20,22H,2-12,15H2,1H3/t20-,22+/m1/s1. The van der Waals surface area contributed by atoms with Gasteiger partial charge < -0.3 is 14.5 Å². The molecule has 2 atom stereocenters. The molecule has 1 aromatic carbocycles. The van der Waals surface area contributed by atoms with Crippen molar-refractivity contribution in [2.24, 2.45) is 17.8 Å². The van der Waals surface area contributed by atoms with E-state index < -0.39 is 11.6 Å². The number of ether oxygens (including phenoxy) is 1. The summed E-state index contributed by atoms with van der Waals surface area (Å²) in [4.78, 5) is 25.0. The number of halogens is 2. The van der Waals surface area contributed by atoms with Crippen LogP contribution in [-0.4, -0.2) is 53.6 Å². The van der Waals surface area contributed by atoms with E-state index in [1.165, 1.54) is 18.6 Å². The lowest BCUT2D eigenvalue weighted by atomic mass is 9.90. The zero-order valence-electron chi connectivity index (χ0n) is 20.4. The molecule has 5 rings (SSSR count). The molecule has 35 heavy (non-hydrogen) atoms. The molecule has 6 nitrogen and oxygen atoms in total. The first-order valence-corrected chi connectivity index (χ1v) is 13.0. The number of hydrogen-bond donors (Lipinski definition) is 0. The van der Waals surface area contributed by atoms with Crippen LogP contribution in [0.3, 0.4) is 0 Å². The fourth-order valence-corrected chi connectivity index (χ4v) is 5.39. The number of piperidine rings is 1. The summed E-state index contributed by atoms with van der Waals surface area (Å²) in [6.07, 6.45) is 9.89. The lowest BCUT2D eigenvalue weighted by molar-refractivity contribution is -0.133. The smallest absolute Gasteiger partial charge is 0.227 e. The minimum Gasteiger partial charge on any atom is -0.493 e. The van der Waals surface area contributed by atoms with Crippen LogP contribution in [0, 0.1) is 29.4 Å². The molecule has 1 saturated carbocycles. The highest BCUT2D eigenvalue weighted by atomic mass is 19.1. The summed E-state index contributed by atoms with van der Waals surface area (Å²) >= 11 is 0. The molecule has 3 fully saturated rings. The number of likely N-dealkylation sites (tertiary alicyclic amines) is 1. The highest BCUT2D eigenvalue weighted by Crippen LogP contribution is 2.49.